The quantitative estimate of drug-likeness (QED) is 0.392. The number of nitrogens with zero attached hydrogens (tertiary/aromatic N) is 1. The lowest BCUT2D eigenvalue weighted by Crippen LogP contribution is -2.44. The van der Waals surface area contributed by atoms with Gasteiger partial charge in [-0.3, -0.25) is 0 Å². The molecular weight excluding hydrogens is 331 g/mol. The van der Waals surface area contributed by atoms with Gasteiger partial charge >= 0.3 is 12.1 Å². The normalized spacial score (nSPS) is 30.0. The van der Waals surface area contributed by atoms with Crippen molar-refractivity contribution >= 4 is 5.97 Å². The number of fused-ring (bicyclic) bond motifs is 1. The van der Waals surface area contributed by atoms with Crippen LogP contribution >= 0.6 is 0 Å². The molecule has 0 aliphatic carbocycles. The van der Waals surface area contributed by atoms with Crippen LogP contribution in [0.4, 0.5) is 13.2 Å². The molecule has 2 heterocycles. The molecule has 0 bridgehead atoms. The zero-order valence-corrected chi connectivity index (χ0v) is 13.5. The molecule has 4 atom stereocenters. The third-order valence-electron chi connectivity index (χ3n) is 4.00. The van der Waals surface area contributed by atoms with Gasteiger partial charge in [-0.05, 0) is 5.92 Å². The van der Waals surface area contributed by atoms with Gasteiger partial charge in [0, 0.05) is 0 Å². The van der Waals surface area contributed by atoms with Crippen LogP contribution in [-0.2, 0) is 23.7 Å². The number of ether oxygens (including phenoxy) is 4. The Bertz CT molecular complexity index is 502. The predicted molar refractivity (Wildman–Crippen MR) is 75.8 cm³/mol. The summed E-state index contributed by atoms with van der Waals surface area (Å²) in [4.78, 5) is 10.9. The molecule has 2 aliphatic heterocycles. The molecule has 0 radical (unpaired) electrons. The molecule has 24 heavy (non-hydrogen) atoms. The van der Waals surface area contributed by atoms with Crippen molar-refractivity contribution in [3.05, 3.63) is 0 Å². The zero-order chi connectivity index (χ0) is 18.0. The van der Waals surface area contributed by atoms with Gasteiger partial charge in [-0.15, -0.1) is 6.42 Å². The van der Waals surface area contributed by atoms with E-state index in [1.54, 1.807) is 0 Å². The third kappa shape index (κ3) is 4.60. The Hall–Kier alpha value is -1.34. The summed E-state index contributed by atoms with van der Waals surface area (Å²) in [6.45, 7) is 1.67. The summed E-state index contributed by atoms with van der Waals surface area (Å²) in [5.41, 5.74) is 0. The van der Waals surface area contributed by atoms with Crippen molar-refractivity contribution in [1.82, 2.24) is 0 Å². The number of likely N-dealkylation sites (N-methyl/N-ethyl adjacent to an activating group) is 1. The number of hydrogen-bond acceptors (Lipinski definition) is 5. The van der Waals surface area contributed by atoms with E-state index in [-0.39, 0.29) is 13.2 Å². The van der Waals surface area contributed by atoms with Crippen molar-refractivity contribution in [3.8, 4) is 12.3 Å². The minimum absolute atomic E-state index is 0.143. The molecule has 0 unspecified atom stereocenters. The topological polar surface area (TPSA) is 54.0 Å². The average molecular weight is 352 g/mol. The monoisotopic (exact) mass is 352 g/mol. The molecule has 2 saturated heterocycles. The molecule has 0 N–H and O–H groups in total. The summed E-state index contributed by atoms with van der Waals surface area (Å²) >= 11 is 0. The van der Waals surface area contributed by atoms with Crippen LogP contribution in [0.3, 0.4) is 0 Å². The van der Waals surface area contributed by atoms with E-state index in [1.807, 2.05) is 14.1 Å². The Balaban J connectivity index is 1.81. The molecular formula is C15H21F3NO5+. The summed E-state index contributed by atoms with van der Waals surface area (Å²) in [6, 6.07) is 0. The first-order valence-corrected chi connectivity index (χ1v) is 7.52. The van der Waals surface area contributed by atoms with E-state index < -0.39 is 36.6 Å². The van der Waals surface area contributed by atoms with Crippen LogP contribution in [0.25, 0.3) is 0 Å². The SMILES string of the molecule is C#CC[N+](C)(C)CCO[C@@H]1CO[C@H]2[C@@H]1OC[C@@H]2OC(=O)C(F)(F)F. The van der Waals surface area contributed by atoms with E-state index >= 15 is 0 Å². The average Bonchev–Trinajstić information content (AvgIpc) is 3.01. The minimum atomic E-state index is -5.03. The smallest absolute Gasteiger partial charge is 0.450 e. The predicted octanol–water partition coefficient (Wildman–Crippen LogP) is 0.353. The fourth-order valence-electron chi connectivity index (χ4n) is 2.65. The molecule has 2 aliphatic rings. The van der Waals surface area contributed by atoms with Gasteiger partial charge in [-0.2, -0.15) is 13.2 Å². The summed E-state index contributed by atoms with van der Waals surface area (Å²) in [7, 11) is 3.94. The lowest BCUT2D eigenvalue weighted by Gasteiger charge is -2.28. The number of terminal acetylenes is 1. The highest BCUT2D eigenvalue weighted by molar-refractivity contribution is 5.75. The number of rotatable bonds is 6. The first kappa shape index (κ1) is 19.0. The van der Waals surface area contributed by atoms with Gasteiger partial charge in [0.05, 0.1) is 33.9 Å². The van der Waals surface area contributed by atoms with Gasteiger partial charge in [0.1, 0.15) is 31.4 Å². The van der Waals surface area contributed by atoms with Gasteiger partial charge in [0.15, 0.2) is 6.10 Å². The Morgan fingerprint density at radius 1 is 1.25 bits per heavy atom. The van der Waals surface area contributed by atoms with E-state index in [9.17, 15) is 18.0 Å². The highest BCUT2D eigenvalue weighted by atomic mass is 19.4. The van der Waals surface area contributed by atoms with Crippen LogP contribution in [0.2, 0.25) is 0 Å². The van der Waals surface area contributed by atoms with Crippen LogP contribution in [-0.4, -0.2) is 88.1 Å². The summed E-state index contributed by atoms with van der Waals surface area (Å²) in [5, 5.41) is 0. The van der Waals surface area contributed by atoms with Crippen molar-refractivity contribution in [3.63, 3.8) is 0 Å². The lowest BCUT2D eigenvalue weighted by molar-refractivity contribution is -0.883. The molecule has 0 amide bonds. The second-order valence-corrected chi connectivity index (χ2v) is 6.47. The third-order valence-corrected chi connectivity index (χ3v) is 4.00. The maximum Gasteiger partial charge on any atom is 0.490 e. The molecule has 0 aromatic carbocycles. The summed E-state index contributed by atoms with van der Waals surface area (Å²) < 4.78 is 58.4. The molecule has 0 saturated carbocycles. The van der Waals surface area contributed by atoms with Gasteiger partial charge in [-0.1, -0.05) is 0 Å². The van der Waals surface area contributed by atoms with Crippen molar-refractivity contribution < 1.29 is 41.4 Å². The van der Waals surface area contributed by atoms with Crippen molar-refractivity contribution in [2.24, 2.45) is 0 Å². The van der Waals surface area contributed by atoms with Crippen LogP contribution < -0.4 is 0 Å². The number of halogens is 3. The molecule has 0 aromatic rings. The number of carbonyl (C=O) groups excluding carboxylic acids is 1. The largest absolute Gasteiger partial charge is 0.490 e. The molecule has 6 nitrogen and oxygen atoms in total. The fraction of sp³-hybridized carbons (Fsp3) is 0.800. The first-order chi connectivity index (χ1) is 11.1. The first-order valence-electron chi connectivity index (χ1n) is 7.52. The van der Waals surface area contributed by atoms with E-state index in [2.05, 4.69) is 10.7 Å². The van der Waals surface area contributed by atoms with Gasteiger partial charge in [0.25, 0.3) is 0 Å². The zero-order valence-electron chi connectivity index (χ0n) is 13.5. The number of alkyl halides is 3. The summed E-state index contributed by atoms with van der Waals surface area (Å²) in [5.74, 6) is 0.349. The maximum atomic E-state index is 12.3. The van der Waals surface area contributed by atoms with Crippen molar-refractivity contribution in [1.29, 1.82) is 0 Å². The Labute approximate surface area is 138 Å². The number of carbonyl (C=O) groups is 1. The molecule has 2 fully saturated rings. The van der Waals surface area contributed by atoms with Gasteiger partial charge in [-0.25, -0.2) is 4.79 Å². The molecule has 2 rings (SSSR count). The lowest BCUT2D eigenvalue weighted by atomic mass is 10.1. The number of esters is 1. The van der Waals surface area contributed by atoms with E-state index in [1.165, 1.54) is 0 Å². The fourth-order valence-corrected chi connectivity index (χ4v) is 2.65. The second-order valence-electron chi connectivity index (χ2n) is 6.47. The highest BCUT2D eigenvalue weighted by Crippen LogP contribution is 2.31. The van der Waals surface area contributed by atoms with Crippen molar-refractivity contribution in [2.75, 3.05) is 47.0 Å². The Kier molecular flexibility index (Phi) is 5.75. The van der Waals surface area contributed by atoms with Crippen LogP contribution in [0.1, 0.15) is 0 Å². The minimum Gasteiger partial charge on any atom is -0.450 e. The van der Waals surface area contributed by atoms with Crippen molar-refractivity contribution in [2.45, 2.75) is 30.6 Å². The number of quaternary nitrogens is 1. The summed E-state index contributed by atoms with van der Waals surface area (Å²) in [6.07, 6.45) is -2.51. The van der Waals surface area contributed by atoms with E-state index in [0.29, 0.717) is 24.2 Å². The molecule has 9 heteroatoms. The highest BCUT2D eigenvalue weighted by Gasteiger charge is 2.52. The molecule has 0 spiro atoms. The standard InChI is InChI=1S/C15H21F3NO5/c1-4-5-19(2,3)6-7-21-10-8-22-13-11(9-23-12(10)13)24-14(20)15(16,17)18/h1,10-13H,5-9H2,2-3H3/q+1/t10-,11+,12-,13-/m1/s1. The molecule has 136 valence electrons. The number of hydrogen-bond donors (Lipinski definition) is 0. The maximum absolute atomic E-state index is 12.3. The van der Waals surface area contributed by atoms with Crippen LogP contribution in [0, 0.1) is 12.3 Å². The van der Waals surface area contributed by atoms with E-state index in [4.69, 9.17) is 20.6 Å². The van der Waals surface area contributed by atoms with Gasteiger partial charge in [0.2, 0.25) is 0 Å². The van der Waals surface area contributed by atoms with Crippen LogP contribution in [0.15, 0.2) is 0 Å². The van der Waals surface area contributed by atoms with Gasteiger partial charge < -0.3 is 23.4 Å². The van der Waals surface area contributed by atoms with E-state index in [0.717, 1.165) is 0 Å². The van der Waals surface area contributed by atoms with Crippen LogP contribution in [0.5, 0.6) is 0 Å². The Morgan fingerprint density at radius 3 is 2.42 bits per heavy atom. The second kappa shape index (κ2) is 7.27. The Morgan fingerprint density at radius 2 is 1.83 bits per heavy atom. The molecule has 0 aromatic heterocycles.